The first-order chi connectivity index (χ1) is 7.56. The molecule has 0 aliphatic carbocycles. The lowest BCUT2D eigenvalue weighted by molar-refractivity contribution is -0.127. The third kappa shape index (κ3) is 3.22. The van der Waals surface area contributed by atoms with Crippen molar-refractivity contribution >= 4 is 5.91 Å². The van der Waals surface area contributed by atoms with Crippen LogP contribution in [0.5, 0.6) is 0 Å². The van der Waals surface area contributed by atoms with E-state index in [1.165, 1.54) is 0 Å². The fraction of sp³-hybridized carbons (Fsp3) is 0.750. The lowest BCUT2D eigenvalue weighted by Crippen LogP contribution is -2.51. The highest BCUT2D eigenvalue weighted by molar-refractivity contribution is 5.81. The molecule has 3 atom stereocenters. The molecule has 0 spiro atoms. The van der Waals surface area contributed by atoms with Crippen LogP contribution in [-0.4, -0.2) is 47.7 Å². The van der Waals surface area contributed by atoms with Crippen molar-refractivity contribution in [3.05, 3.63) is 0 Å². The number of likely N-dealkylation sites (tertiary alicyclic amines) is 1. The van der Waals surface area contributed by atoms with E-state index in [0.29, 0.717) is 0 Å². The first kappa shape index (κ1) is 13.0. The zero-order valence-electron chi connectivity index (χ0n) is 9.94. The molecular weight excluding hydrogens is 204 g/mol. The van der Waals surface area contributed by atoms with Gasteiger partial charge in [0.25, 0.3) is 0 Å². The van der Waals surface area contributed by atoms with Gasteiger partial charge in [-0.2, -0.15) is 0 Å². The number of nitrogens with one attached hydrogen (secondary N) is 1. The van der Waals surface area contributed by atoms with Crippen LogP contribution in [0, 0.1) is 18.3 Å². The first-order valence-corrected chi connectivity index (χ1v) is 5.69. The van der Waals surface area contributed by atoms with Crippen molar-refractivity contribution in [1.82, 2.24) is 10.2 Å². The molecule has 16 heavy (non-hydrogen) atoms. The predicted octanol–water partition coefficient (Wildman–Crippen LogP) is -0.173. The van der Waals surface area contributed by atoms with E-state index >= 15 is 0 Å². The van der Waals surface area contributed by atoms with E-state index in [9.17, 15) is 9.90 Å². The van der Waals surface area contributed by atoms with Gasteiger partial charge in [-0.25, -0.2) is 0 Å². The quantitative estimate of drug-likeness (QED) is 0.654. The van der Waals surface area contributed by atoms with Gasteiger partial charge in [-0.3, -0.25) is 9.69 Å². The molecule has 0 aromatic carbocycles. The maximum absolute atomic E-state index is 11.7. The first-order valence-electron chi connectivity index (χ1n) is 5.69. The van der Waals surface area contributed by atoms with Crippen LogP contribution in [0.25, 0.3) is 0 Å². The van der Waals surface area contributed by atoms with Crippen molar-refractivity contribution in [2.75, 3.05) is 19.6 Å². The van der Waals surface area contributed by atoms with E-state index in [1.54, 1.807) is 0 Å². The second-order valence-electron chi connectivity index (χ2n) is 4.43. The highest BCUT2D eigenvalue weighted by Gasteiger charge is 2.29. The van der Waals surface area contributed by atoms with Gasteiger partial charge in [-0.1, -0.05) is 12.8 Å². The minimum atomic E-state index is -0.239. The smallest absolute Gasteiger partial charge is 0.237 e. The summed E-state index contributed by atoms with van der Waals surface area (Å²) in [6, 6.07) is -0.178. The van der Waals surface area contributed by atoms with Crippen LogP contribution in [0.4, 0.5) is 0 Å². The van der Waals surface area contributed by atoms with Crippen molar-refractivity contribution in [2.45, 2.75) is 32.4 Å². The molecule has 1 aliphatic heterocycles. The molecule has 0 aromatic heterocycles. The highest BCUT2D eigenvalue weighted by Crippen LogP contribution is 2.18. The molecule has 3 unspecified atom stereocenters. The van der Waals surface area contributed by atoms with E-state index in [0.717, 1.165) is 19.5 Å². The van der Waals surface area contributed by atoms with Crippen molar-refractivity contribution in [2.24, 2.45) is 5.92 Å². The maximum Gasteiger partial charge on any atom is 0.237 e. The Balaban J connectivity index is 2.45. The second-order valence-corrected chi connectivity index (χ2v) is 4.43. The Morgan fingerprint density at radius 2 is 2.44 bits per heavy atom. The molecule has 0 bridgehead atoms. The minimum absolute atomic E-state index is 0.0402. The van der Waals surface area contributed by atoms with Gasteiger partial charge >= 0.3 is 0 Å². The molecule has 0 aromatic rings. The molecule has 0 radical (unpaired) electrons. The molecule has 1 fully saturated rings. The van der Waals surface area contributed by atoms with E-state index < -0.39 is 0 Å². The third-order valence-corrected chi connectivity index (χ3v) is 3.18. The van der Waals surface area contributed by atoms with Crippen LogP contribution in [0.15, 0.2) is 0 Å². The van der Waals surface area contributed by atoms with Gasteiger partial charge in [0.05, 0.1) is 18.7 Å². The monoisotopic (exact) mass is 224 g/mol. The number of aliphatic hydroxyl groups is 1. The lowest BCUT2D eigenvalue weighted by Gasteiger charge is -2.37. The summed E-state index contributed by atoms with van der Waals surface area (Å²) in [5.41, 5.74) is 0. The standard InChI is InChI=1S/C12H20N2O2/c1-4-6-13-12(16)10(3)14-7-5-11(15)9(2)8-14/h1,9-11,15H,5-8H2,2-3H3,(H,13,16). The Hall–Kier alpha value is -1.05. The van der Waals surface area contributed by atoms with Gasteiger partial charge in [0.2, 0.25) is 5.91 Å². The maximum atomic E-state index is 11.7. The SMILES string of the molecule is C#CCNC(=O)C(C)N1CCC(O)C(C)C1. The molecule has 1 aliphatic rings. The van der Waals surface area contributed by atoms with Gasteiger partial charge in [0, 0.05) is 13.1 Å². The molecule has 4 nitrogen and oxygen atoms in total. The molecule has 4 heteroatoms. The normalized spacial score (nSPS) is 28.1. The van der Waals surface area contributed by atoms with Gasteiger partial charge in [0.1, 0.15) is 0 Å². The Kier molecular flexibility index (Phi) is 4.78. The predicted molar refractivity (Wildman–Crippen MR) is 62.7 cm³/mol. The molecule has 1 rings (SSSR count). The van der Waals surface area contributed by atoms with Gasteiger partial charge in [-0.15, -0.1) is 6.42 Å². The summed E-state index contributed by atoms with van der Waals surface area (Å²) in [4.78, 5) is 13.8. The second kappa shape index (κ2) is 5.88. The summed E-state index contributed by atoms with van der Waals surface area (Å²) in [5.74, 6) is 2.56. The topological polar surface area (TPSA) is 52.6 Å². The molecule has 2 N–H and O–H groups in total. The molecular formula is C12H20N2O2. The summed E-state index contributed by atoms with van der Waals surface area (Å²) in [6.45, 7) is 5.66. The molecule has 1 amide bonds. The number of aliphatic hydroxyl groups excluding tert-OH is 1. The molecule has 1 saturated heterocycles. The minimum Gasteiger partial charge on any atom is -0.393 e. The van der Waals surface area contributed by atoms with Gasteiger partial charge in [0.15, 0.2) is 0 Å². The Morgan fingerprint density at radius 1 is 1.75 bits per heavy atom. The summed E-state index contributed by atoms with van der Waals surface area (Å²) in [7, 11) is 0. The average molecular weight is 224 g/mol. The number of nitrogens with zero attached hydrogens (tertiary/aromatic N) is 1. The van der Waals surface area contributed by atoms with Crippen LogP contribution >= 0.6 is 0 Å². The van der Waals surface area contributed by atoms with E-state index in [2.05, 4.69) is 16.1 Å². The lowest BCUT2D eigenvalue weighted by atomic mass is 9.95. The van der Waals surface area contributed by atoms with Gasteiger partial charge in [-0.05, 0) is 19.3 Å². The number of hydrogen-bond donors (Lipinski definition) is 2. The van der Waals surface area contributed by atoms with Crippen molar-refractivity contribution in [1.29, 1.82) is 0 Å². The number of carbonyl (C=O) groups is 1. The number of terminal acetylenes is 1. The zero-order valence-corrected chi connectivity index (χ0v) is 9.94. The highest BCUT2D eigenvalue weighted by atomic mass is 16.3. The van der Waals surface area contributed by atoms with Crippen molar-refractivity contribution < 1.29 is 9.90 Å². The Labute approximate surface area is 97.0 Å². The van der Waals surface area contributed by atoms with E-state index in [-0.39, 0.29) is 30.5 Å². The summed E-state index contributed by atoms with van der Waals surface area (Å²) in [6.07, 6.45) is 5.58. The van der Waals surface area contributed by atoms with Crippen molar-refractivity contribution in [3.63, 3.8) is 0 Å². The van der Waals surface area contributed by atoms with E-state index in [4.69, 9.17) is 6.42 Å². The third-order valence-electron chi connectivity index (χ3n) is 3.18. The summed E-state index contributed by atoms with van der Waals surface area (Å²) < 4.78 is 0. The van der Waals surface area contributed by atoms with Crippen LogP contribution in [0.3, 0.4) is 0 Å². The summed E-state index contributed by atoms with van der Waals surface area (Å²) >= 11 is 0. The van der Waals surface area contributed by atoms with Crippen LogP contribution in [-0.2, 0) is 4.79 Å². The fourth-order valence-electron chi connectivity index (χ4n) is 1.97. The Bertz CT molecular complexity index is 285. The number of carbonyl (C=O) groups excluding carboxylic acids is 1. The summed E-state index contributed by atoms with van der Waals surface area (Å²) in [5, 5.41) is 12.3. The van der Waals surface area contributed by atoms with Crippen LogP contribution < -0.4 is 5.32 Å². The largest absolute Gasteiger partial charge is 0.393 e. The zero-order chi connectivity index (χ0) is 12.1. The number of amides is 1. The number of rotatable bonds is 3. The van der Waals surface area contributed by atoms with Crippen molar-refractivity contribution in [3.8, 4) is 12.3 Å². The average Bonchev–Trinajstić information content (AvgIpc) is 2.28. The van der Waals surface area contributed by atoms with Crippen LogP contribution in [0.1, 0.15) is 20.3 Å². The Morgan fingerprint density at radius 3 is 3.00 bits per heavy atom. The van der Waals surface area contributed by atoms with Crippen LogP contribution in [0.2, 0.25) is 0 Å². The van der Waals surface area contributed by atoms with E-state index in [1.807, 2.05) is 13.8 Å². The molecule has 0 saturated carbocycles. The fourth-order valence-corrected chi connectivity index (χ4v) is 1.97. The number of piperidine rings is 1. The molecule has 1 heterocycles. The number of hydrogen-bond acceptors (Lipinski definition) is 3. The van der Waals surface area contributed by atoms with Gasteiger partial charge < -0.3 is 10.4 Å². The molecule has 90 valence electrons.